The van der Waals surface area contributed by atoms with Crippen molar-refractivity contribution in [3.8, 4) is 0 Å². The molecular weight excluding hydrogens is 316 g/mol. The number of fused-ring (bicyclic) bond motifs is 1. The van der Waals surface area contributed by atoms with E-state index in [-0.39, 0.29) is 12.0 Å². The Bertz CT molecular complexity index is 578. The number of carbonyl (C=O) groups excluding carboxylic acids is 1. The summed E-state index contributed by atoms with van der Waals surface area (Å²) in [7, 11) is 1.64. The smallest absolute Gasteiger partial charge is 0.222 e. The van der Waals surface area contributed by atoms with Crippen LogP contribution in [0.25, 0.3) is 0 Å². The number of aryl methyl sites for hydroxylation is 1. The van der Waals surface area contributed by atoms with Crippen molar-refractivity contribution in [2.24, 2.45) is 11.8 Å². The van der Waals surface area contributed by atoms with Gasteiger partial charge >= 0.3 is 0 Å². The van der Waals surface area contributed by atoms with Crippen LogP contribution < -0.4 is 5.32 Å². The van der Waals surface area contributed by atoms with Crippen molar-refractivity contribution in [1.82, 2.24) is 10.2 Å². The maximum absolute atomic E-state index is 12.0. The maximum Gasteiger partial charge on any atom is 0.222 e. The number of likely N-dealkylation sites (tertiary alicyclic amines) is 1. The standard InChI is InChI=1S/C20H30N2O3/c1-15-5-3-4-6-16(15)12-22-9-7-18-17(13-22)14-25-19(18)11-20(23)21-8-10-24-2/h3-6,17-19H,7-14H2,1-2H3,(H,21,23)/t17-,18-,19+/m1/s1. The van der Waals surface area contributed by atoms with Crippen molar-refractivity contribution in [2.75, 3.05) is 40.0 Å². The molecule has 2 aliphatic rings. The molecule has 3 atom stereocenters. The molecule has 0 unspecified atom stereocenters. The minimum absolute atomic E-state index is 0.0741. The van der Waals surface area contributed by atoms with Gasteiger partial charge in [0.1, 0.15) is 0 Å². The van der Waals surface area contributed by atoms with Crippen LogP contribution in [0.4, 0.5) is 0 Å². The van der Waals surface area contributed by atoms with Crippen LogP contribution in [0.15, 0.2) is 24.3 Å². The summed E-state index contributed by atoms with van der Waals surface area (Å²) in [4.78, 5) is 14.6. The molecule has 1 aromatic carbocycles. The Balaban J connectivity index is 1.48. The quantitative estimate of drug-likeness (QED) is 0.767. The van der Waals surface area contributed by atoms with Gasteiger partial charge in [-0.15, -0.1) is 0 Å². The molecule has 1 amide bonds. The molecule has 2 saturated heterocycles. The highest BCUT2D eigenvalue weighted by Gasteiger charge is 2.41. The summed E-state index contributed by atoms with van der Waals surface area (Å²) in [5.41, 5.74) is 2.77. The predicted octanol–water partition coefficient (Wildman–Crippen LogP) is 1.98. The van der Waals surface area contributed by atoms with Gasteiger partial charge < -0.3 is 14.8 Å². The van der Waals surface area contributed by atoms with E-state index in [1.165, 1.54) is 11.1 Å². The molecule has 0 radical (unpaired) electrons. The van der Waals surface area contributed by atoms with Crippen LogP contribution in [-0.2, 0) is 20.8 Å². The van der Waals surface area contributed by atoms with Crippen molar-refractivity contribution in [3.63, 3.8) is 0 Å². The Labute approximate surface area is 150 Å². The predicted molar refractivity (Wildman–Crippen MR) is 97.3 cm³/mol. The summed E-state index contributed by atoms with van der Waals surface area (Å²) in [6.45, 7) is 7.25. The van der Waals surface area contributed by atoms with Crippen LogP contribution in [0.5, 0.6) is 0 Å². The molecule has 0 spiro atoms. The molecule has 25 heavy (non-hydrogen) atoms. The average molecular weight is 346 g/mol. The topological polar surface area (TPSA) is 50.8 Å². The summed E-state index contributed by atoms with van der Waals surface area (Å²) >= 11 is 0. The number of methoxy groups -OCH3 is 1. The third-order valence-electron chi connectivity index (χ3n) is 5.55. The lowest BCUT2D eigenvalue weighted by molar-refractivity contribution is -0.124. The Morgan fingerprint density at radius 1 is 1.40 bits per heavy atom. The van der Waals surface area contributed by atoms with Crippen LogP contribution >= 0.6 is 0 Å². The first-order valence-electron chi connectivity index (χ1n) is 9.31. The zero-order valence-corrected chi connectivity index (χ0v) is 15.4. The molecule has 3 rings (SSSR count). The third kappa shape index (κ3) is 4.81. The first-order valence-corrected chi connectivity index (χ1v) is 9.31. The van der Waals surface area contributed by atoms with E-state index in [9.17, 15) is 4.79 Å². The molecule has 0 saturated carbocycles. The van der Waals surface area contributed by atoms with E-state index < -0.39 is 0 Å². The lowest BCUT2D eigenvalue weighted by Crippen LogP contribution is -2.42. The van der Waals surface area contributed by atoms with Crippen LogP contribution in [0.1, 0.15) is 24.0 Å². The second-order valence-corrected chi connectivity index (χ2v) is 7.29. The number of piperidine rings is 1. The van der Waals surface area contributed by atoms with Crippen molar-refractivity contribution >= 4 is 5.91 Å². The van der Waals surface area contributed by atoms with Gasteiger partial charge in [0.15, 0.2) is 0 Å². The van der Waals surface area contributed by atoms with E-state index in [4.69, 9.17) is 9.47 Å². The van der Waals surface area contributed by atoms with Crippen LogP contribution in [0, 0.1) is 18.8 Å². The molecule has 2 heterocycles. The number of carbonyl (C=O) groups is 1. The Hall–Kier alpha value is -1.43. The molecule has 0 aromatic heterocycles. The minimum atomic E-state index is 0.0741. The SMILES string of the molecule is COCCNC(=O)C[C@@H]1OC[C@H]2CN(Cc3ccccc3C)CC[C@H]21. The summed E-state index contributed by atoms with van der Waals surface area (Å²) in [5.74, 6) is 1.14. The number of nitrogens with zero attached hydrogens (tertiary/aromatic N) is 1. The highest BCUT2D eigenvalue weighted by Crippen LogP contribution is 2.36. The number of ether oxygens (including phenoxy) is 2. The highest BCUT2D eigenvalue weighted by atomic mass is 16.5. The van der Waals surface area contributed by atoms with E-state index in [0.717, 1.165) is 32.7 Å². The van der Waals surface area contributed by atoms with E-state index in [0.29, 0.717) is 31.4 Å². The number of hydrogen-bond donors (Lipinski definition) is 1. The van der Waals surface area contributed by atoms with Gasteiger partial charge in [-0.1, -0.05) is 24.3 Å². The maximum atomic E-state index is 12.0. The Morgan fingerprint density at radius 3 is 3.04 bits per heavy atom. The van der Waals surface area contributed by atoms with Crippen LogP contribution in [-0.4, -0.2) is 56.9 Å². The fourth-order valence-electron chi connectivity index (χ4n) is 4.09. The molecule has 1 aromatic rings. The molecule has 1 N–H and O–H groups in total. The lowest BCUT2D eigenvalue weighted by atomic mass is 9.83. The van der Waals surface area contributed by atoms with Crippen molar-refractivity contribution < 1.29 is 14.3 Å². The van der Waals surface area contributed by atoms with E-state index >= 15 is 0 Å². The highest BCUT2D eigenvalue weighted by molar-refractivity contribution is 5.76. The summed E-state index contributed by atoms with van der Waals surface area (Å²) in [5, 5.41) is 2.90. The van der Waals surface area contributed by atoms with Gasteiger partial charge in [0.05, 0.1) is 25.7 Å². The Morgan fingerprint density at radius 2 is 2.24 bits per heavy atom. The molecule has 0 bridgehead atoms. The van der Waals surface area contributed by atoms with E-state index in [1.807, 2.05) is 0 Å². The van der Waals surface area contributed by atoms with Gasteiger partial charge in [-0.25, -0.2) is 0 Å². The number of benzene rings is 1. The van der Waals surface area contributed by atoms with Crippen molar-refractivity contribution in [1.29, 1.82) is 0 Å². The second kappa shape index (κ2) is 8.79. The lowest BCUT2D eigenvalue weighted by Gasteiger charge is -2.35. The minimum Gasteiger partial charge on any atom is -0.383 e. The zero-order chi connectivity index (χ0) is 17.6. The largest absolute Gasteiger partial charge is 0.383 e. The van der Waals surface area contributed by atoms with Crippen LogP contribution in [0.3, 0.4) is 0 Å². The van der Waals surface area contributed by atoms with Gasteiger partial charge in [0, 0.05) is 32.7 Å². The third-order valence-corrected chi connectivity index (χ3v) is 5.55. The summed E-state index contributed by atoms with van der Waals surface area (Å²) in [6, 6.07) is 8.61. The van der Waals surface area contributed by atoms with Gasteiger partial charge in [-0.2, -0.15) is 0 Å². The van der Waals surface area contributed by atoms with Crippen molar-refractivity contribution in [3.05, 3.63) is 35.4 Å². The monoisotopic (exact) mass is 346 g/mol. The van der Waals surface area contributed by atoms with Gasteiger partial charge in [-0.05, 0) is 36.9 Å². The number of amides is 1. The van der Waals surface area contributed by atoms with Crippen LogP contribution in [0.2, 0.25) is 0 Å². The van der Waals surface area contributed by atoms with Gasteiger partial charge in [-0.3, -0.25) is 9.69 Å². The molecule has 138 valence electrons. The van der Waals surface area contributed by atoms with E-state index in [2.05, 4.69) is 41.4 Å². The molecule has 0 aliphatic carbocycles. The first-order chi connectivity index (χ1) is 12.2. The number of nitrogens with one attached hydrogen (secondary N) is 1. The fourth-order valence-corrected chi connectivity index (χ4v) is 4.09. The molecular formula is C20H30N2O3. The second-order valence-electron chi connectivity index (χ2n) is 7.29. The Kier molecular flexibility index (Phi) is 6.45. The summed E-state index contributed by atoms with van der Waals surface area (Å²) in [6.07, 6.45) is 1.67. The number of rotatable bonds is 7. The molecule has 2 fully saturated rings. The number of hydrogen-bond acceptors (Lipinski definition) is 4. The molecule has 5 nitrogen and oxygen atoms in total. The van der Waals surface area contributed by atoms with Gasteiger partial charge in [0.2, 0.25) is 5.91 Å². The molecule has 2 aliphatic heterocycles. The first kappa shape index (κ1) is 18.4. The molecule has 5 heteroatoms. The van der Waals surface area contributed by atoms with Crippen molar-refractivity contribution in [2.45, 2.75) is 32.4 Å². The summed E-state index contributed by atoms with van der Waals surface area (Å²) < 4.78 is 10.9. The van der Waals surface area contributed by atoms with Gasteiger partial charge in [0.25, 0.3) is 0 Å². The fraction of sp³-hybridized carbons (Fsp3) is 0.650. The normalized spacial score (nSPS) is 26.4. The zero-order valence-electron chi connectivity index (χ0n) is 15.4. The van der Waals surface area contributed by atoms with E-state index in [1.54, 1.807) is 7.11 Å². The average Bonchev–Trinajstić information content (AvgIpc) is 2.99.